The van der Waals surface area contributed by atoms with Gasteiger partial charge in [-0.15, -0.1) is 0 Å². The molecule has 0 aromatic rings. The lowest BCUT2D eigenvalue weighted by atomic mass is 9.65. The Balaban J connectivity index is 0.00000225. The van der Waals surface area contributed by atoms with Crippen LogP contribution in [-0.4, -0.2) is 23.0 Å². The molecule has 1 nitrogen and oxygen atoms in total. The molecule has 0 saturated carbocycles. The molecule has 98 valence electrons. The van der Waals surface area contributed by atoms with Gasteiger partial charge in [0.1, 0.15) is 0 Å². The normalized spacial score (nSPS) is 45.2. The summed E-state index contributed by atoms with van der Waals surface area (Å²) in [7, 11) is 2.33. The predicted molar refractivity (Wildman–Crippen MR) is 74.8 cm³/mol. The summed E-state index contributed by atoms with van der Waals surface area (Å²) in [6, 6.07) is 0. The smallest absolute Gasteiger partial charge is 0.0209 e. The molecular formula is C15H33N. The summed E-state index contributed by atoms with van der Waals surface area (Å²) in [5, 5.41) is 0. The summed E-state index contributed by atoms with van der Waals surface area (Å²) in [5.74, 6) is 1.64. The minimum Gasteiger partial charge on any atom is -0.295 e. The van der Waals surface area contributed by atoms with Crippen molar-refractivity contribution in [3.05, 3.63) is 0 Å². The lowest BCUT2D eigenvalue weighted by Gasteiger charge is -2.59. The Labute approximate surface area is 104 Å². The van der Waals surface area contributed by atoms with Crippen molar-refractivity contribution < 1.29 is 0 Å². The maximum Gasteiger partial charge on any atom is 0.0209 e. The molecule has 1 aliphatic heterocycles. The van der Waals surface area contributed by atoms with Gasteiger partial charge in [0.2, 0.25) is 0 Å². The zero-order valence-corrected chi connectivity index (χ0v) is 11.7. The van der Waals surface area contributed by atoms with Crippen LogP contribution < -0.4 is 0 Å². The molecule has 0 bridgehead atoms. The number of likely N-dealkylation sites (tertiary alicyclic amines) is 1. The maximum absolute atomic E-state index is 2.66. The van der Waals surface area contributed by atoms with Crippen LogP contribution in [0.3, 0.4) is 0 Å². The number of hydrogen-bond acceptors (Lipinski definition) is 1. The fourth-order valence-corrected chi connectivity index (χ4v) is 3.48. The first-order valence-electron chi connectivity index (χ1n) is 6.55. The SMILES string of the molecule is C.CCC1(C)CC(C)C(C)C(C)(CC)N1C. The number of hydrogen-bond donors (Lipinski definition) is 0. The molecule has 16 heavy (non-hydrogen) atoms. The number of nitrogens with zero attached hydrogens (tertiary/aromatic N) is 1. The quantitative estimate of drug-likeness (QED) is 0.668. The Hall–Kier alpha value is -0.0400. The van der Waals surface area contributed by atoms with Gasteiger partial charge in [0.25, 0.3) is 0 Å². The summed E-state index contributed by atoms with van der Waals surface area (Å²) >= 11 is 0. The number of rotatable bonds is 2. The molecule has 0 N–H and O–H groups in total. The van der Waals surface area contributed by atoms with Crippen molar-refractivity contribution in [3.8, 4) is 0 Å². The van der Waals surface area contributed by atoms with Gasteiger partial charge in [0.15, 0.2) is 0 Å². The van der Waals surface area contributed by atoms with E-state index < -0.39 is 0 Å². The molecule has 1 heteroatoms. The highest BCUT2D eigenvalue weighted by Gasteiger charge is 2.49. The van der Waals surface area contributed by atoms with Crippen molar-refractivity contribution in [2.75, 3.05) is 7.05 Å². The zero-order valence-electron chi connectivity index (χ0n) is 11.7. The van der Waals surface area contributed by atoms with Crippen molar-refractivity contribution in [2.24, 2.45) is 11.8 Å². The summed E-state index contributed by atoms with van der Waals surface area (Å²) in [6.45, 7) is 14.4. The largest absolute Gasteiger partial charge is 0.295 e. The predicted octanol–water partition coefficient (Wildman–Crippen LogP) is 4.57. The second-order valence-corrected chi connectivity index (χ2v) is 6.09. The van der Waals surface area contributed by atoms with E-state index in [-0.39, 0.29) is 7.43 Å². The number of piperidine rings is 1. The Morgan fingerprint density at radius 3 is 2.00 bits per heavy atom. The van der Waals surface area contributed by atoms with Gasteiger partial charge in [-0.2, -0.15) is 0 Å². The Bertz CT molecular complexity index is 225. The van der Waals surface area contributed by atoms with Crippen LogP contribution in [0, 0.1) is 11.8 Å². The summed E-state index contributed by atoms with van der Waals surface area (Å²) in [4.78, 5) is 2.66. The van der Waals surface area contributed by atoms with Gasteiger partial charge >= 0.3 is 0 Å². The fraction of sp³-hybridized carbons (Fsp3) is 1.00. The van der Waals surface area contributed by atoms with Crippen LogP contribution >= 0.6 is 0 Å². The molecule has 0 radical (unpaired) electrons. The molecule has 1 aliphatic rings. The Morgan fingerprint density at radius 1 is 1.12 bits per heavy atom. The van der Waals surface area contributed by atoms with Crippen LogP contribution in [0.5, 0.6) is 0 Å². The molecule has 1 heterocycles. The van der Waals surface area contributed by atoms with E-state index in [1.807, 2.05) is 0 Å². The molecular weight excluding hydrogens is 194 g/mol. The van der Waals surface area contributed by atoms with Gasteiger partial charge in [-0.25, -0.2) is 0 Å². The van der Waals surface area contributed by atoms with Gasteiger partial charge in [0, 0.05) is 11.1 Å². The molecule has 0 aliphatic carbocycles. The topological polar surface area (TPSA) is 3.24 Å². The van der Waals surface area contributed by atoms with E-state index in [4.69, 9.17) is 0 Å². The van der Waals surface area contributed by atoms with Crippen LogP contribution in [0.15, 0.2) is 0 Å². The molecule has 0 aromatic heterocycles. The van der Waals surface area contributed by atoms with Crippen molar-refractivity contribution >= 4 is 0 Å². The van der Waals surface area contributed by atoms with Crippen LogP contribution in [-0.2, 0) is 0 Å². The maximum atomic E-state index is 2.66. The highest BCUT2D eigenvalue weighted by Crippen LogP contribution is 2.46. The Morgan fingerprint density at radius 2 is 1.62 bits per heavy atom. The van der Waals surface area contributed by atoms with Crippen LogP contribution in [0.25, 0.3) is 0 Å². The first kappa shape index (κ1) is 16.0. The van der Waals surface area contributed by atoms with E-state index in [0.29, 0.717) is 11.1 Å². The fourth-order valence-electron chi connectivity index (χ4n) is 3.48. The van der Waals surface area contributed by atoms with E-state index in [1.165, 1.54) is 19.3 Å². The molecule has 0 aromatic carbocycles. The second kappa shape index (κ2) is 5.08. The van der Waals surface area contributed by atoms with Crippen molar-refractivity contribution in [1.82, 2.24) is 4.90 Å². The van der Waals surface area contributed by atoms with Crippen LogP contribution in [0.1, 0.15) is 68.2 Å². The third kappa shape index (κ3) is 2.16. The van der Waals surface area contributed by atoms with E-state index >= 15 is 0 Å². The molecule has 1 fully saturated rings. The standard InChI is InChI=1S/C14H29N.CH4/c1-8-13(5)10-11(3)12(4)14(6,9-2)15(13)7;/h11-12H,8-10H2,1-7H3;1H4. The highest BCUT2D eigenvalue weighted by molar-refractivity contribution is 5.03. The van der Waals surface area contributed by atoms with Gasteiger partial charge in [-0.1, -0.05) is 35.1 Å². The third-order valence-corrected chi connectivity index (χ3v) is 5.65. The van der Waals surface area contributed by atoms with E-state index in [0.717, 1.165) is 11.8 Å². The van der Waals surface area contributed by atoms with E-state index in [2.05, 4.69) is 53.5 Å². The summed E-state index contributed by atoms with van der Waals surface area (Å²) in [6.07, 6.45) is 3.86. The second-order valence-electron chi connectivity index (χ2n) is 6.09. The third-order valence-electron chi connectivity index (χ3n) is 5.65. The first-order valence-corrected chi connectivity index (χ1v) is 6.55. The molecule has 4 unspecified atom stereocenters. The minimum atomic E-state index is 0. The van der Waals surface area contributed by atoms with Crippen molar-refractivity contribution in [2.45, 2.75) is 79.3 Å². The Kier molecular flexibility index (Phi) is 5.07. The van der Waals surface area contributed by atoms with Crippen LogP contribution in [0.4, 0.5) is 0 Å². The van der Waals surface area contributed by atoms with Gasteiger partial charge in [0.05, 0.1) is 0 Å². The lowest BCUT2D eigenvalue weighted by Crippen LogP contribution is -2.64. The van der Waals surface area contributed by atoms with E-state index in [9.17, 15) is 0 Å². The highest BCUT2D eigenvalue weighted by atomic mass is 15.2. The zero-order chi connectivity index (χ0) is 11.9. The van der Waals surface area contributed by atoms with Crippen molar-refractivity contribution in [1.29, 1.82) is 0 Å². The van der Waals surface area contributed by atoms with Gasteiger partial charge < -0.3 is 0 Å². The molecule has 1 saturated heterocycles. The van der Waals surface area contributed by atoms with Crippen LogP contribution in [0.2, 0.25) is 0 Å². The molecule has 0 amide bonds. The van der Waals surface area contributed by atoms with Gasteiger partial charge in [-0.3, -0.25) is 4.90 Å². The molecule has 1 rings (SSSR count). The first-order chi connectivity index (χ1) is 6.81. The van der Waals surface area contributed by atoms with Gasteiger partial charge in [-0.05, 0) is 52.0 Å². The molecule has 0 spiro atoms. The minimum absolute atomic E-state index is 0. The monoisotopic (exact) mass is 227 g/mol. The summed E-state index contributed by atoms with van der Waals surface area (Å²) in [5.41, 5.74) is 0.777. The average molecular weight is 227 g/mol. The van der Waals surface area contributed by atoms with E-state index in [1.54, 1.807) is 0 Å². The summed E-state index contributed by atoms with van der Waals surface area (Å²) < 4.78 is 0. The average Bonchev–Trinajstić information content (AvgIpc) is 2.23. The molecule has 4 atom stereocenters. The van der Waals surface area contributed by atoms with Crippen molar-refractivity contribution in [3.63, 3.8) is 0 Å². The lowest BCUT2D eigenvalue weighted by molar-refractivity contribution is -0.0881.